The average Bonchev–Trinajstić information content (AvgIpc) is 2.91. The third-order valence-corrected chi connectivity index (χ3v) is 3.80. The molecule has 2 heteroatoms. The molecule has 3 rings (SSSR count). The minimum absolute atomic E-state index is 0.338. The first-order valence-electron chi connectivity index (χ1n) is 6.22. The van der Waals surface area contributed by atoms with E-state index in [9.17, 15) is 5.11 Å². The first-order valence-corrected chi connectivity index (χ1v) is 6.22. The quantitative estimate of drug-likeness (QED) is 0.813. The summed E-state index contributed by atoms with van der Waals surface area (Å²) in [7, 11) is 0. The second-order valence-corrected chi connectivity index (χ2v) is 4.86. The molecule has 88 valence electrons. The van der Waals surface area contributed by atoms with E-state index in [0.717, 1.165) is 24.8 Å². The Bertz CT molecular complexity index is 489. The van der Waals surface area contributed by atoms with Gasteiger partial charge in [0, 0.05) is 12.4 Å². The Kier molecular flexibility index (Phi) is 2.73. The lowest BCUT2D eigenvalue weighted by molar-refractivity contribution is 0.0996. The first-order chi connectivity index (χ1) is 8.34. The molecule has 1 aromatic carbocycles. The van der Waals surface area contributed by atoms with E-state index < -0.39 is 0 Å². The van der Waals surface area contributed by atoms with Gasteiger partial charge in [0.15, 0.2) is 0 Å². The van der Waals surface area contributed by atoms with Crippen LogP contribution < -0.4 is 0 Å². The van der Waals surface area contributed by atoms with Crippen LogP contribution in [0.2, 0.25) is 0 Å². The molecule has 2 nitrogen and oxygen atoms in total. The highest BCUT2D eigenvalue weighted by Crippen LogP contribution is 2.33. The van der Waals surface area contributed by atoms with Gasteiger partial charge in [-0.3, -0.25) is 0 Å². The largest absolute Gasteiger partial charge is 0.388 e. The van der Waals surface area contributed by atoms with Crippen molar-refractivity contribution in [2.24, 2.45) is 5.92 Å². The summed E-state index contributed by atoms with van der Waals surface area (Å²) in [4.78, 5) is 3.01. The Morgan fingerprint density at radius 3 is 2.76 bits per heavy atom. The summed E-state index contributed by atoms with van der Waals surface area (Å²) in [5.41, 5.74) is 3.86. The van der Waals surface area contributed by atoms with E-state index in [1.165, 1.54) is 11.1 Å². The van der Waals surface area contributed by atoms with Gasteiger partial charge in [-0.15, -0.1) is 0 Å². The lowest BCUT2D eigenvalue weighted by atomic mass is 9.80. The fourth-order valence-corrected chi connectivity index (χ4v) is 2.79. The van der Waals surface area contributed by atoms with Gasteiger partial charge >= 0.3 is 0 Å². The summed E-state index contributed by atoms with van der Waals surface area (Å²) in [6.45, 7) is 0. The monoisotopic (exact) mass is 227 g/mol. The maximum absolute atomic E-state index is 10.3. The van der Waals surface area contributed by atoms with Crippen molar-refractivity contribution >= 4 is 0 Å². The molecule has 0 fully saturated rings. The van der Waals surface area contributed by atoms with Crippen LogP contribution in [0.3, 0.4) is 0 Å². The number of nitrogens with one attached hydrogen (secondary N) is 1. The lowest BCUT2D eigenvalue weighted by Crippen LogP contribution is -2.20. The SMILES string of the molecule is OC(c1cc[nH]c1)C1CCc2ccccc2C1. The predicted octanol–water partition coefficient (Wildman–Crippen LogP) is 2.85. The third kappa shape index (κ3) is 2.01. The molecule has 17 heavy (non-hydrogen) atoms. The van der Waals surface area contributed by atoms with E-state index in [0.29, 0.717) is 5.92 Å². The molecule has 1 aliphatic rings. The Labute approximate surface area is 101 Å². The molecule has 1 heterocycles. The van der Waals surface area contributed by atoms with Crippen molar-refractivity contribution in [3.8, 4) is 0 Å². The van der Waals surface area contributed by atoms with Gasteiger partial charge in [0.25, 0.3) is 0 Å². The number of rotatable bonds is 2. The van der Waals surface area contributed by atoms with Crippen LogP contribution >= 0.6 is 0 Å². The summed E-state index contributed by atoms with van der Waals surface area (Å²) in [6, 6.07) is 10.5. The number of fused-ring (bicyclic) bond motifs is 1. The topological polar surface area (TPSA) is 36.0 Å². The molecule has 0 saturated carbocycles. The highest BCUT2D eigenvalue weighted by atomic mass is 16.3. The Morgan fingerprint density at radius 1 is 1.18 bits per heavy atom. The number of aromatic amines is 1. The van der Waals surface area contributed by atoms with Crippen molar-refractivity contribution in [1.29, 1.82) is 0 Å². The summed E-state index contributed by atoms with van der Waals surface area (Å²) < 4.78 is 0. The van der Waals surface area contributed by atoms with E-state index in [4.69, 9.17) is 0 Å². The zero-order chi connectivity index (χ0) is 11.7. The van der Waals surface area contributed by atoms with Gasteiger partial charge in [0.2, 0.25) is 0 Å². The van der Waals surface area contributed by atoms with Crippen LogP contribution in [0.5, 0.6) is 0 Å². The molecular weight excluding hydrogens is 210 g/mol. The molecule has 0 radical (unpaired) electrons. The number of hydrogen-bond donors (Lipinski definition) is 2. The van der Waals surface area contributed by atoms with Gasteiger partial charge in [-0.2, -0.15) is 0 Å². The first kappa shape index (κ1) is 10.6. The summed E-state index contributed by atoms with van der Waals surface area (Å²) in [5.74, 6) is 0.348. The average molecular weight is 227 g/mol. The highest BCUT2D eigenvalue weighted by molar-refractivity contribution is 5.30. The lowest BCUT2D eigenvalue weighted by Gasteiger charge is -2.28. The standard InChI is InChI=1S/C15H17NO/c17-15(14-7-8-16-10-14)13-6-5-11-3-1-2-4-12(11)9-13/h1-4,7-8,10,13,15-17H,5-6,9H2. The number of aliphatic hydroxyl groups is 1. The zero-order valence-electron chi connectivity index (χ0n) is 9.76. The zero-order valence-corrected chi connectivity index (χ0v) is 9.76. The molecule has 1 aromatic heterocycles. The minimum atomic E-state index is -0.338. The molecule has 0 spiro atoms. The van der Waals surface area contributed by atoms with Crippen LogP contribution in [0.15, 0.2) is 42.7 Å². The second-order valence-electron chi connectivity index (χ2n) is 4.86. The maximum atomic E-state index is 10.3. The fourth-order valence-electron chi connectivity index (χ4n) is 2.79. The molecule has 0 saturated heterocycles. The van der Waals surface area contributed by atoms with Crippen LogP contribution in [0.4, 0.5) is 0 Å². The van der Waals surface area contributed by atoms with Crippen LogP contribution in [0.25, 0.3) is 0 Å². The van der Waals surface area contributed by atoms with Crippen LogP contribution in [-0.2, 0) is 12.8 Å². The molecule has 0 aliphatic heterocycles. The predicted molar refractivity (Wildman–Crippen MR) is 67.7 cm³/mol. The van der Waals surface area contributed by atoms with E-state index >= 15 is 0 Å². The molecule has 2 N–H and O–H groups in total. The molecule has 0 amide bonds. The molecule has 2 atom stereocenters. The third-order valence-electron chi connectivity index (χ3n) is 3.80. The number of hydrogen-bond acceptors (Lipinski definition) is 1. The van der Waals surface area contributed by atoms with E-state index in [1.54, 1.807) is 0 Å². The van der Waals surface area contributed by atoms with Crippen LogP contribution in [0, 0.1) is 5.92 Å². The van der Waals surface area contributed by atoms with Crippen molar-refractivity contribution in [3.05, 3.63) is 59.4 Å². The summed E-state index contributed by atoms with van der Waals surface area (Å²) in [6.07, 6.45) is 6.57. The van der Waals surface area contributed by atoms with Crippen LogP contribution in [0.1, 0.15) is 29.2 Å². The summed E-state index contributed by atoms with van der Waals surface area (Å²) in [5, 5.41) is 10.3. The minimum Gasteiger partial charge on any atom is -0.388 e. The Balaban J connectivity index is 1.80. The second kappa shape index (κ2) is 4.38. The van der Waals surface area contributed by atoms with Gasteiger partial charge in [0.05, 0.1) is 6.10 Å². The van der Waals surface area contributed by atoms with E-state index in [2.05, 4.69) is 29.2 Å². The van der Waals surface area contributed by atoms with Gasteiger partial charge in [-0.05, 0) is 47.9 Å². The van der Waals surface area contributed by atoms with Crippen molar-refractivity contribution in [2.75, 3.05) is 0 Å². The molecule has 2 unspecified atom stereocenters. The summed E-state index contributed by atoms with van der Waals surface area (Å²) >= 11 is 0. The van der Waals surface area contributed by atoms with Gasteiger partial charge in [-0.1, -0.05) is 24.3 Å². The number of benzene rings is 1. The number of aryl methyl sites for hydroxylation is 1. The maximum Gasteiger partial charge on any atom is 0.0836 e. The molecule has 1 aliphatic carbocycles. The normalized spacial score (nSPS) is 20.9. The smallest absolute Gasteiger partial charge is 0.0836 e. The van der Waals surface area contributed by atoms with Crippen molar-refractivity contribution in [2.45, 2.75) is 25.4 Å². The molecule has 2 aromatic rings. The number of aliphatic hydroxyl groups excluding tert-OH is 1. The Morgan fingerprint density at radius 2 is 2.00 bits per heavy atom. The number of aromatic nitrogens is 1. The van der Waals surface area contributed by atoms with E-state index in [1.807, 2.05) is 18.5 Å². The van der Waals surface area contributed by atoms with Crippen molar-refractivity contribution in [3.63, 3.8) is 0 Å². The van der Waals surface area contributed by atoms with Crippen LogP contribution in [-0.4, -0.2) is 10.1 Å². The fraction of sp³-hybridized carbons (Fsp3) is 0.333. The van der Waals surface area contributed by atoms with Gasteiger partial charge < -0.3 is 10.1 Å². The van der Waals surface area contributed by atoms with E-state index in [-0.39, 0.29) is 6.10 Å². The van der Waals surface area contributed by atoms with Crippen molar-refractivity contribution < 1.29 is 5.11 Å². The van der Waals surface area contributed by atoms with Gasteiger partial charge in [-0.25, -0.2) is 0 Å². The number of H-pyrrole nitrogens is 1. The Hall–Kier alpha value is -1.54. The van der Waals surface area contributed by atoms with Crippen molar-refractivity contribution in [1.82, 2.24) is 4.98 Å². The van der Waals surface area contributed by atoms with Gasteiger partial charge in [0.1, 0.15) is 0 Å². The molecule has 0 bridgehead atoms. The highest BCUT2D eigenvalue weighted by Gasteiger charge is 2.25. The molecular formula is C15H17NO.